The summed E-state index contributed by atoms with van der Waals surface area (Å²) < 4.78 is 0. The first-order valence-corrected chi connectivity index (χ1v) is 6.50. The smallest absolute Gasteiger partial charge is 0.278 e. The van der Waals surface area contributed by atoms with E-state index in [2.05, 4.69) is 6.92 Å². The van der Waals surface area contributed by atoms with Crippen molar-refractivity contribution in [3.63, 3.8) is 0 Å². The predicted octanol–water partition coefficient (Wildman–Crippen LogP) is 2.42. The first-order chi connectivity index (χ1) is 6.72. The molecule has 5 heteroatoms. The van der Waals surface area contributed by atoms with E-state index in [-0.39, 0.29) is 0 Å². The molecule has 0 amide bonds. The Morgan fingerprint density at radius 1 is 1.07 bits per heavy atom. The third-order valence-electron chi connectivity index (χ3n) is 1.85. The molecule has 0 atom stereocenters. The van der Waals surface area contributed by atoms with Crippen LogP contribution in [0.4, 0.5) is 0 Å². The van der Waals surface area contributed by atoms with Gasteiger partial charge in [-0.1, -0.05) is 33.1 Å². The van der Waals surface area contributed by atoms with Crippen LogP contribution in [-0.4, -0.2) is 27.8 Å². The first kappa shape index (κ1) is 14.3. The quantitative estimate of drug-likeness (QED) is 0.358. The fourth-order valence-electron chi connectivity index (χ4n) is 1.08. The lowest BCUT2D eigenvalue weighted by molar-refractivity contribution is -0.0955. The largest absolute Gasteiger partial charge is 0.336 e. The summed E-state index contributed by atoms with van der Waals surface area (Å²) in [5, 5.41) is 0. The number of hydroxylamine groups is 1. The van der Waals surface area contributed by atoms with Gasteiger partial charge in [0, 0.05) is 6.54 Å². The van der Waals surface area contributed by atoms with E-state index < -0.39 is 8.53 Å². The number of hydrogen-bond acceptors (Lipinski definition) is 4. The van der Waals surface area contributed by atoms with Gasteiger partial charge in [0.2, 0.25) is 0 Å². The molecule has 0 radical (unpaired) electrons. The molecular weight excluding hydrogens is 201 g/mol. The van der Waals surface area contributed by atoms with Crippen LogP contribution in [0, 0.1) is 0 Å². The molecule has 4 nitrogen and oxygen atoms in total. The van der Waals surface area contributed by atoms with Gasteiger partial charge >= 0.3 is 0 Å². The summed E-state index contributed by atoms with van der Waals surface area (Å²) >= 11 is 0. The average molecular weight is 223 g/mol. The van der Waals surface area contributed by atoms with Crippen LogP contribution in [0.15, 0.2) is 0 Å². The molecule has 0 aromatic heterocycles. The molecule has 0 saturated carbocycles. The Kier molecular flexibility index (Phi) is 10.0. The van der Waals surface area contributed by atoms with Crippen LogP contribution < -0.4 is 0 Å². The van der Waals surface area contributed by atoms with Gasteiger partial charge in [-0.25, -0.2) is 0 Å². The van der Waals surface area contributed by atoms with Gasteiger partial charge in [-0.3, -0.25) is 4.84 Å². The fraction of sp³-hybridized carbons (Fsp3) is 1.00. The molecule has 0 fully saturated rings. The van der Waals surface area contributed by atoms with E-state index in [9.17, 15) is 0 Å². The van der Waals surface area contributed by atoms with Crippen LogP contribution in [0.25, 0.3) is 0 Å². The predicted molar refractivity (Wildman–Crippen MR) is 58.4 cm³/mol. The summed E-state index contributed by atoms with van der Waals surface area (Å²) in [6.45, 7) is 5.30. The van der Waals surface area contributed by atoms with Crippen LogP contribution >= 0.6 is 8.53 Å². The molecule has 0 spiro atoms. The van der Waals surface area contributed by atoms with Crippen molar-refractivity contribution in [2.24, 2.45) is 0 Å². The summed E-state index contributed by atoms with van der Waals surface area (Å²) in [6.07, 6.45) is 5.33. The number of unbranched alkanes of at least 4 members (excludes halogenated alkanes) is 3. The Hall–Kier alpha value is 0.270. The van der Waals surface area contributed by atoms with Crippen molar-refractivity contribution in [3.8, 4) is 0 Å². The highest BCUT2D eigenvalue weighted by atomic mass is 31.2. The van der Waals surface area contributed by atoms with Crippen LogP contribution in [0.1, 0.15) is 46.0 Å². The maximum Gasteiger partial charge on any atom is 0.278 e. The van der Waals surface area contributed by atoms with E-state index in [1.54, 1.807) is 0 Å². The van der Waals surface area contributed by atoms with Crippen LogP contribution in [-0.2, 0) is 4.84 Å². The number of hydrogen-bond donors (Lipinski definition) is 2. The third kappa shape index (κ3) is 7.65. The number of nitrogens with zero attached hydrogens (tertiary/aromatic N) is 1. The monoisotopic (exact) mass is 223 g/mol. The molecule has 2 N–H and O–H groups in total. The normalized spacial score (nSPS) is 11.6. The van der Waals surface area contributed by atoms with Gasteiger partial charge in [-0.05, 0) is 12.8 Å². The Bertz CT molecular complexity index is 125. The second-order valence-electron chi connectivity index (χ2n) is 3.24. The van der Waals surface area contributed by atoms with Gasteiger partial charge < -0.3 is 9.79 Å². The SMILES string of the molecule is CCCCCCN(OCCC)P(O)O. The highest BCUT2D eigenvalue weighted by Gasteiger charge is 2.13. The van der Waals surface area contributed by atoms with Crippen molar-refractivity contribution in [1.29, 1.82) is 0 Å². The van der Waals surface area contributed by atoms with E-state index in [1.165, 1.54) is 17.7 Å². The van der Waals surface area contributed by atoms with Crippen LogP contribution in [0.5, 0.6) is 0 Å². The van der Waals surface area contributed by atoms with Gasteiger partial charge in [0.05, 0.1) is 6.61 Å². The standard InChI is InChI=1S/C9H22NO3P/c1-3-5-6-7-8-10(14(11)12)13-9-4-2/h11-12H,3-9H2,1-2H3. The summed E-state index contributed by atoms with van der Waals surface area (Å²) in [4.78, 5) is 24.5. The minimum absolute atomic E-state index is 0.549. The molecule has 0 aliphatic heterocycles. The summed E-state index contributed by atoms with van der Waals surface area (Å²) in [7, 11) is -2.09. The molecule has 0 aromatic carbocycles. The highest BCUT2D eigenvalue weighted by Crippen LogP contribution is 2.30. The first-order valence-electron chi connectivity index (χ1n) is 5.30. The van der Waals surface area contributed by atoms with Gasteiger partial charge in [0.1, 0.15) is 0 Å². The molecule has 0 heterocycles. The van der Waals surface area contributed by atoms with Gasteiger partial charge in [0.25, 0.3) is 8.53 Å². The van der Waals surface area contributed by atoms with Crippen molar-refractivity contribution < 1.29 is 14.6 Å². The Morgan fingerprint density at radius 2 is 1.79 bits per heavy atom. The summed E-state index contributed by atoms with van der Waals surface area (Å²) in [5.74, 6) is 0. The lowest BCUT2D eigenvalue weighted by atomic mass is 10.2. The van der Waals surface area contributed by atoms with Crippen molar-refractivity contribution in [2.75, 3.05) is 13.2 Å². The Morgan fingerprint density at radius 3 is 2.29 bits per heavy atom. The molecular formula is C9H22NO3P. The minimum atomic E-state index is -2.09. The van der Waals surface area contributed by atoms with Gasteiger partial charge in [-0.2, -0.15) is 0 Å². The van der Waals surface area contributed by atoms with Crippen molar-refractivity contribution >= 4 is 8.53 Å². The van der Waals surface area contributed by atoms with Crippen LogP contribution in [0.2, 0.25) is 0 Å². The molecule has 0 unspecified atom stereocenters. The topological polar surface area (TPSA) is 52.9 Å². The van der Waals surface area contributed by atoms with Crippen molar-refractivity contribution in [2.45, 2.75) is 46.0 Å². The number of rotatable bonds is 9. The third-order valence-corrected chi connectivity index (χ3v) is 2.56. The molecule has 0 saturated heterocycles. The summed E-state index contributed by atoms with van der Waals surface area (Å²) in [6, 6.07) is 0. The molecule has 0 aliphatic rings. The average Bonchev–Trinajstić information content (AvgIpc) is 2.16. The maximum absolute atomic E-state index is 9.02. The molecule has 0 rings (SSSR count). The maximum atomic E-state index is 9.02. The Balaban J connectivity index is 3.52. The van der Waals surface area contributed by atoms with E-state index in [4.69, 9.17) is 14.6 Å². The molecule has 0 bridgehead atoms. The molecule has 0 aliphatic carbocycles. The zero-order chi connectivity index (χ0) is 10.8. The lowest BCUT2D eigenvalue weighted by Gasteiger charge is -2.21. The van der Waals surface area contributed by atoms with Crippen molar-refractivity contribution in [3.05, 3.63) is 0 Å². The van der Waals surface area contributed by atoms with Gasteiger partial charge in [0.15, 0.2) is 0 Å². The van der Waals surface area contributed by atoms with Crippen molar-refractivity contribution in [1.82, 2.24) is 4.83 Å². The fourth-order valence-corrected chi connectivity index (χ4v) is 1.58. The molecule has 14 heavy (non-hydrogen) atoms. The highest BCUT2D eigenvalue weighted by molar-refractivity contribution is 7.42. The second kappa shape index (κ2) is 9.81. The van der Waals surface area contributed by atoms with E-state index in [0.29, 0.717) is 13.2 Å². The minimum Gasteiger partial charge on any atom is -0.336 e. The zero-order valence-electron chi connectivity index (χ0n) is 9.15. The molecule has 86 valence electrons. The van der Waals surface area contributed by atoms with E-state index in [1.807, 2.05) is 6.92 Å². The zero-order valence-corrected chi connectivity index (χ0v) is 10.0. The van der Waals surface area contributed by atoms with E-state index >= 15 is 0 Å². The lowest BCUT2D eigenvalue weighted by Crippen LogP contribution is -2.20. The molecule has 0 aromatic rings. The second-order valence-corrected chi connectivity index (χ2v) is 4.22. The van der Waals surface area contributed by atoms with E-state index in [0.717, 1.165) is 19.3 Å². The Labute approximate surface area is 87.8 Å². The van der Waals surface area contributed by atoms with Gasteiger partial charge in [-0.15, -0.1) is 4.83 Å². The summed E-state index contributed by atoms with van der Waals surface area (Å²) in [5.41, 5.74) is 0. The van der Waals surface area contributed by atoms with Crippen LogP contribution in [0.3, 0.4) is 0 Å².